The van der Waals surface area contributed by atoms with Crippen LogP contribution < -0.4 is 37.8 Å². The molecule has 118 heavy (non-hydrogen) atoms. The van der Waals surface area contributed by atoms with Crippen LogP contribution in [-0.2, 0) is 114 Å². The summed E-state index contributed by atoms with van der Waals surface area (Å²) < 4.78 is 347. The number of aliphatic imine (C=N–C) groups is 1. The number of rotatable bonds is 8. The zero-order valence-electron chi connectivity index (χ0n) is 66.4. The molecule has 8 aromatic rings. The third kappa shape index (κ3) is 20.9. The molecule has 1 spiro atoms. The van der Waals surface area contributed by atoms with Crippen molar-refractivity contribution in [3.05, 3.63) is 266 Å². The summed E-state index contributed by atoms with van der Waals surface area (Å²) in [4.78, 5) is 5.03. The van der Waals surface area contributed by atoms with Crippen molar-refractivity contribution in [2.75, 3.05) is 6.61 Å². The Kier molecular flexibility index (Phi) is 26.8. The first-order valence-electron chi connectivity index (χ1n) is 37.7. The molecule has 0 N–H and O–H groups in total. The van der Waals surface area contributed by atoms with E-state index in [0.717, 1.165) is 31.6 Å². The molecule has 2 atom stereocenters. The third-order valence-corrected chi connectivity index (χ3v) is 24.1. The number of hydrogen-bond donors (Lipinski definition) is 0. The monoisotopic (exact) mass is 1880 g/mol. The van der Waals surface area contributed by atoms with E-state index >= 15 is 0 Å². The molecule has 0 amide bonds. The van der Waals surface area contributed by atoms with Gasteiger partial charge in [-0.3, -0.25) is 0 Å². The van der Waals surface area contributed by atoms with Crippen LogP contribution in [0.1, 0.15) is 223 Å². The molecular formula is C89H86BF24IrNOP-. The number of alkyl halides is 24. The molecule has 0 saturated heterocycles. The minimum absolute atomic E-state index is 0. The maximum atomic E-state index is 14.2. The van der Waals surface area contributed by atoms with Gasteiger partial charge >= 0.3 is 49.4 Å². The summed E-state index contributed by atoms with van der Waals surface area (Å²) in [6.45, 7) is 31.3. The zero-order chi connectivity index (χ0) is 87.2. The van der Waals surface area contributed by atoms with Gasteiger partial charge in [-0.2, -0.15) is 127 Å². The van der Waals surface area contributed by atoms with Crippen molar-refractivity contribution in [3.8, 4) is 0 Å². The van der Waals surface area contributed by atoms with Crippen LogP contribution in [0.4, 0.5) is 105 Å². The van der Waals surface area contributed by atoms with Crippen molar-refractivity contribution in [3.63, 3.8) is 0 Å². The molecule has 1 fully saturated rings. The van der Waals surface area contributed by atoms with Crippen LogP contribution in [0.15, 0.2) is 151 Å². The molecule has 12 rings (SSSR count). The Balaban J connectivity index is 0.000000244. The normalized spacial score (nSPS) is 17.5. The minimum atomic E-state index is -6.13. The van der Waals surface area contributed by atoms with Gasteiger partial charge < -0.3 is 4.74 Å². The quantitative estimate of drug-likeness (QED) is 0.0844. The van der Waals surface area contributed by atoms with Crippen molar-refractivity contribution in [1.82, 2.24) is 0 Å². The summed E-state index contributed by atoms with van der Waals surface area (Å²) in [7, 11) is -0.922. The predicted molar refractivity (Wildman–Crippen MR) is 412 cm³/mol. The van der Waals surface area contributed by atoms with Crippen molar-refractivity contribution in [2.45, 2.75) is 224 Å². The van der Waals surface area contributed by atoms with E-state index in [1.807, 2.05) is 0 Å². The van der Waals surface area contributed by atoms with E-state index in [9.17, 15) is 105 Å². The Hall–Kier alpha value is -7.31. The molecule has 1 saturated carbocycles. The molecule has 8 aromatic carbocycles. The summed E-state index contributed by atoms with van der Waals surface area (Å²) in [5.41, 5.74) is -17.2. The van der Waals surface area contributed by atoms with Gasteiger partial charge in [0, 0.05) is 31.1 Å². The van der Waals surface area contributed by atoms with Crippen molar-refractivity contribution >= 4 is 57.7 Å². The number of fused-ring (bicyclic) bond motifs is 4. The van der Waals surface area contributed by atoms with E-state index in [1.54, 1.807) is 5.56 Å². The van der Waals surface area contributed by atoms with Crippen LogP contribution in [0.5, 0.6) is 0 Å². The number of benzene rings is 8. The predicted octanol–water partition coefficient (Wildman–Crippen LogP) is 24.6. The van der Waals surface area contributed by atoms with Crippen molar-refractivity contribution < 1.29 is 130 Å². The second-order valence-electron chi connectivity index (χ2n) is 34.5. The molecule has 0 aromatic heterocycles. The van der Waals surface area contributed by atoms with Gasteiger partial charge in [-0.15, -0.1) is 0 Å². The summed E-state index contributed by atoms with van der Waals surface area (Å²) >= 11 is 0. The van der Waals surface area contributed by atoms with Crippen LogP contribution >= 0.6 is 7.92 Å². The Morgan fingerprint density at radius 2 is 0.593 bits per heavy atom. The summed E-state index contributed by atoms with van der Waals surface area (Å²) in [5, 5.41) is 4.47. The molecule has 4 aliphatic rings. The Morgan fingerprint density at radius 1 is 0.339 bits per heavy atom. The number of hydrogen-bond acceptors (Lipinski definition) is 2. The van der Waals surface area contributed by atoms with Crippen molar-refractivity contribution in [2.24, 2.45) is 4.99 Å². The van der Waals surface area contributed by atoms with Crippen LogP contribution in [0, 0.1) is 25.7 Å². The minimum Gasteiger partial charge on any atom is -0.475 e. The molecule has 639 valence electrons. The topological polar surface area (TPSA) is 21.6 Å². The fourth-order valence-corrected chi connectivity index (χ4v) is 18.5. The molecule has 5 radical (unpaired) electrons. The molecule has 29 heteroatoms. The SMILES string of the molecule is C[C@H]1COC(c2cccc3c2C2(CC3)CCc3cccc(P(c4cc(C(C)(C)C)cc(C(C)(C)C)c4)c4cc(C(C)(C)C)cc(C(C)(C)C)c4)c32)=N1.FC(F)(F)c1cc([B-](c2cc(C(F)(F)F)cc(C(F)(F)F)c2)(c2cc(C(F)(F)F)cc(C(F)(F)F)c2)c2cc(C(F)(F)F)cc(C(F)(F)F)c2)cc(C(F)(F)F)c1.[CH]1[CH]CC[CH][CH]CC1.[Ir]. The Bertz CT molecular complexity index is 4390. The molecule has 0 bridgehead atoms. The van der Waals surface area contributed by atoms with Crippen molar-refractivity contribution in [1.29, 1.82) is 0 Å². The van der Waals surface area contributed by atoms with E-state index in [2.05, 4.69) is 188 Å². The summed E-state index contributed by atoms with van der Waals surface area (Å²) in [6, 6.07) is 20.9. The fraction of sp³-hybridized carbons (Fsp3) is 0.404. The average Bonchev–Trinajstić information content (AvgIpc) is 0.921. The maximum absolute atomic E-state index is 14.2. The zero-order valence-corrected chi connectivity index (χ0v) is 69.7. The second-order valence-corrected chi connectivity index (χ2v) is 36.7. The fourth-order valence-electron chi connectivity index (χ4n) is 15.7. The summed E-state index contributed by atoms with van der Waals surface area (Å²) in [5.74, 6) is 0.846. The van der Waals surface area contributed by atoms with Crippen LogP contribution in [0.25, 0.3) is 0 Å². The van der Waals surface area contributed by atoms with Gasteiger partial charge in [0.05, 0.1) is 50.5 Å². The van der Waals surface area contributed by atoms with E-state index in [-0.39, 0.29) is 53.2 Å². The molecule has 1 aliphatic heterocycles. The molecule has 1 heterocycles. The first-order chi connectivity index (χ1) is 53.4. The number of ether oxygens (including phenoxy) is 1. The first kappa shape index (κ1) is 94.5. The molecule has 3 aliphatic carbocycles. The first-order valence-corrected chi connectivity index (χ1v) is 39.0. The number of halogens is 24. The van der Waals surface area contributed by atoms with Gasteiger partial charge in [-0.1, -0.05) is 198 Å². The van der Waals surface area contributed by atoms with Crippen LogP contribution in [-0.4, -0.2) is 24.7 Å². The average molecular weight is 1880 g/mol. The van der Waals surface area contributed by atoms with E-state index in [4.69, 9.17) is 9.73 Å². The van der Waals surface area contributed by atoms with Gasteiger partial charge in [0.2, 0.25) is 5.90 Å². The summed E-state index contributed by atoms with van der Waals surface area (Å²) in [6.07, 6.45) is -36.3. The second kappa shape index (κ2) is 33.5. The standard InChI is InChI=1S/C49H62NOP.C32H12BF24.C8H12.Ir/c1-31-30-51-44(50-31)40-18-14-16-32-20-22-49(42(32)40)23-21-33-17-15-19-41(43(33)49)52(38-26-34(45(2,3)4)24-35(27-38)46(5,6)7)39-28-36(47(8,9)10)25-37(29-39)48(11,12)13;34-25(35,36)13-1-14(26(37,38)39)6-21(5-13)33(22-7-15(27(40,41)42)2-16(8-22)28(43,44)45,23-9-17(29(46,47)48)3-18(10-23)30(49,50)51)24-11-19(31(52,53)54)4-20(12-24)32(55,56)57;1-2-4-6-8-7-5-3-1;/h14-19,24-29,31H,20-23,30H2,1-13H3;1-12H;1-2,7-8H,3-6H2;/q;-1;;/t31-,49?;;;/m0.../s1. The van der Waals surface area contributed by atoms with Gasteiger partial charge in [0.15, 0.2) is 0 Å². The van der Waals surface area contributed by atoms with Crippen LogP contribution in [0.2, 0.25) is 0 Å². The largest absolute Gasteiger partial charge is 0.475 e. The molecule has 2 nitrogen and oxygen atoms in total. The number of aryl methyl sites for hydroxylation is 2. The van der Waals surface area contributed by atoms with E-state index < -0.39 is 203 Å². The smallest absolute Gasteiger partial charge is 0.416 e. The molecule has 1 unspecified atom stereocenters. The van der Waals surface area contributed by atoms with Gasteiger partial charge in [0.25, 0.3) is 0 Å². The van der Waals surface area contributed by atoms with Gasteiger partial charge in [-0.25, -0.2) is 4.99 Å². The van der Waals surface area contributed by atoms with Gasteiger partial charge in [0.1, 0.15) is 12.8 Å². The molecular weight excluding hydrogens is 1790 g/mol. The Labute approximate surface area is 685 Å². The van der Waals surface area contributed by atoms with Crippen LogP contribution in [0.3, 0.4) is 0 Å². The Morgan fingerprint density at radius 3 is 0.839 bits per heavy atom. The third-order valence-electron chi connectivity index (χ3n) is 21.7. The maximum Gasteiger partial charge on any atom is 0.416 e. The number of nitrogens with zero attached hydrogens (tertiary/aromatic N) is 1. The van der Waals surface area contributed by atoms with E-state index in [0.29, 0.717) is 6.61 Å². The van der Waals surface area contributed by atoms with E-state index in [1.165, 1.54) is 86.1 Å². The van der Waals surface area contributed by atoms with Gasteiger partial charge in [-0.05, 0) is 204 Å².